The molecule has 7 heteroatoms. The molecule has 2 rings (SSSR count). The van der Waals surface area contributed by atoms with Crippen LogP contribution in [-0.2, 0) is 12.0 Å². The molecule has 0 aliphatic rings. The predicted molar refractivity (Wildman–Crippen MR) is 113 cm³/mol. The molecule has 1 aromatic heterocycles. The van der Waals surface area contributed by atoms with E-state index in [9.17, 15) is 5.11 Å². The average Bonchev–Trinajstić information content (AvgIpc) is 3.01. The van der Waals surface area contributed by atoms with E-state index in [1.807, 2.05) is 31.2 Å². The van der Waals surface area contributed by atoms with Crippen molar-refractivity contribution in [2.24, 2.45) is 10.9 Å². The third-order valence-corrected chi connectivity index (χ3v) is 5.30. The number of rotatable bonds is 6. The fourth-order valence-electron chi connectivity index (χ4n) is 2.80. The van der Waals surface area contributed by atoms with Gasteiger partial charge in [0.25, 0.3) is 0 Å². The molecule has 0 amide bonds. The molecule has 0 aliphatic carbocycles. The molecule has 1 unspecified atom stereocenters. The standard InChI is InChI=1S/C20H27BrN4O2/c1-13(2)20(5,15-6-8-16(21)9-7-15)18(22)24-17(26)14-10-23-25(11-14)12-19(3,4)27/h6-11,13,27H,12H2,1-5H3,(H2,22,24,26)/p+1. The van der Waals surface area contributed by atoms with E-state index < -0.39 is 11.0 Å². The second-order valence-electron chi connectivity index (χ2n) is 7.91. The molecule has 2 aromatic rings. The Bertz CT molecular complexity index is 834. The third-order valence-electron chi connectivity index (χ3n) is 4.77. The highest BCUT2D eigenvalue weighted by atomic mass is 79.9. The van der Waals surface area contributed by atoms with Crippen LogP contribution in [0.2, 0.25) is 0 Å². The van der Waals surface area contributed by atoms with E-state index in [0.717, 1.165) is 10.0 Å². The summed E-state index contributed by atoms with van der Waals surface area (Å²) < 4.78 is 2.56. The SMILES string of the molecule is CC(C)C(C)(C(=N)N=C([OH2+])c1cnn(CC(C)(C)O)c1)c1ccc(Br)cc1. The lowest BCUT2D eigenvalue weighted by Gasteiger charge is -2.32. The number of aliphatic hydroxyl groups is 1. The zero-order valence-corrected chi connectivity index (χ0v) is 18.0. The summed E-state index contributed by atoms with van der Waals surface area (Å²) in [4.78, 5) is 4.29. The summed E-state index contributed by atoms with van der Waals surface area (Å²) in [5, 5.41) is 31.0. The molecule has 0 aliphatic heterocycles. The Labute approximate surface area is 168 Å². The van der Waals surface area contributed by atoms with E-state index in [1.54, 1.807) is 24.7 Å². The summed E-state index contributed by atoms with van der Waals surface area (Å²) in [6.45, 7) is 9.81. The Balaban J connectivity index is 2.32. The highest BCUT2D eigenvalue weighted by molar-refractivity contribution is 9.10. The summed E-state index contributed by atoms with van der Waals surface area (Å²) in [5.41, 5.74) is -0.00525. The Morgan fingerprint density at radius 3 is 2.41 bits per heavy atom. The molecule has 146 valence electrons. The molecule has 1 heterocycles. The van der Waals surface area contributed by atoms with Gasteiger partial charge in [0.15, 0.2) is 0 Å². The zero-order chi connectivity index (χ0) is 20.4. The molecular formula is C20H28BrN4O2+. The van der Waals surface area contributed by atoms with Gasteiger partial charge in [0.1, 0.15) is 11.4 Å². The van der Waals surface area contributed by atoms with E-state index in [4.69, 9.17) is 10.5 Å². The molecule has 1 aromatic carbocycles. The van der Waals surface area contributed by atoms with Crippen molar-refractivity contribution in [2.75, 3.05) is 0 Å². The smallest absolute Gasteiger partial charge is 0.369 e. The van der Waals surface area contributed by atoms with Crippen molar-refractivity contribution in [1.82, 2.24) is 9.78 Å². The molecule has 4 N–H and O–H groups in total. The molecule has 0 spiro atoms. The summed E-state index contributed by atoms with van der Waals surface area (Å²) in [7, 11) is 0. The van der Waals surface area contributed by atoms with Crippen molar-refractivity contribution < 1.29 is 10.2 Å². The number of nitrogens with one attached hydrogen (secondary N) is 1. The fraction of sp³-hybridized carbons (Fsp3) is 0.450. The van der Waals surface area contributed by atoms with Gasteiger partial charge in [0.05, 0.1) is 23.8 Å². The Kier molecular flexibility index (Phi) is 6.27. The van der Waals surface area contributed by atoms with Crippen LogP contribution >= 0.6 is 15.9 Å². The number of nitrogens with zero attached hydrogens (tertiary/aromatic N) is 3. The van der Waals surface area contributed by atoms with Gasteiger partial charge in [-0.1, -0.05) is 41.9 Å². The van der Waals surface area contributed by atoms with Crippen LogP contribution in [0.4, 0.5) is 0 Å². The van der Waals surface area contributed by atoms with Gasteiger partial charge < -0.3 is 10.2 Å². The van der Waals surface area contributed by atoms with Gasteiger partial charge >= 0.3 is 5.90 Å². The summed E-state index contributed by atoms with van der Waals surface area (Å²) >= 11 is 3.44. The van der Waals surface area contributed by atoms with Gasteiger partial charge in [-0.05, 0) is 44.4 Å². The van der Waals surface area contributed by atoms with Crippen molar-refractivity contribution in [3.8, 4) is 0 Å². The van der Waals surface area contributed by atoms with Crippen LogP contribution in [0.5, 0.6) is 0 Å². The van der Waals surface area contributed by atoms with Crippen molar-refractivity contribution in [3.63, 3.8) is 0 Å². The van der Waals surface area contributed by atoms with Crippen molar-refractivity contribution in [1.29, 1.82) is 5.41 Å². The maximum atomic E-state index is 9.90. The molecule has 0 radical (unpaired) electrons. The fourth-order valence-corrected chi connectivity index (χ4v) is 3.07. The summed E-state index contributed by atoms with van der Waals surface area (Å²) in [6, 6.07) is 7.88. The second kappa shape index (κ2) is 7.94. The summed E-state index contributed by atoms with van der Waals surface area (Å²) in [5.74, 6) is 0.256. The molecule has 1 atom stereocenters. The highest BCUT2D eigenvalue weighted by Crippen LogP contribution is 2.34. The van der Waals surface area contributed by atoms with Gasteiger partial charge in [0.2, 0.25) is 0 Å². The number of benzene rings is 1. The molecule has 0 bridgehead atoms. The van der Waals surface area contributed by atoms with Gasteiger partial charge in [-0.15, -0.1) is 4.99 Å². The number of hydrogen-bond acceptors (Lipinski definition) is 3. The monoisotopic (exact) mass is 435 g/mol. The van der Waals surface area contributed by atoms with E-state index in [-0.39, 0.29) is 17.7 Å². The van der Waals surface area contributed by atoms with Crippen LogP contribution in [0, 0.1) is 11.3 Å². The normalized spacial score (nSPS) is 15.0. The molecule has 0 saturated heterocycles. The lowest BCUT2D eigenvalue weighted by Crippen LogP contribution is -2.37. The largest absolute Gasteiger partial charge is 0.578 e. The first kappa shape index (κ1) is 21.3. The number of aromatic nitrogens is 2. The van der Waals surface area contributed by atoms with Crippen molar-refractivity contribution in [3.05, 3.63) is 52.3 Å². The van der Waals surface area contributed by atoms with Gasteiger partial charge in [-0.3, -0.25) is 10.1 Å². The van der Waals surface area contributed by atoms with E-state index in [2.05, 4.69) is 39.9 Å². The highest BCUT2D eigenvalue weighted by Gasteiger charge is 2.36. The first-order chi connectivity index (χ1) is 12.4. The number of aliphatic imine (C=N–C) groups is 1. The minimum absolute atomic E-state index is 0.00835. The van der Waals surface area contributed by atoms with Gasteiger partial charge in [-0.2, -0.15) is 5.10 Å². The Morgan fingerprint density at radius 1 is 1.30 bits per heavy atom. The van der Waals surface area contributed by atoms with Crippen molar-refractivity contribution >= 4 is 27.7 Å². The lowest BCUT2D eigenvalue weighted by atomic mass is 9.72. The third kappa shape index (κ3) is 5.05. The van der Waals surface area contributed by atoms with Crippen LogP contribution < -0.4 is 0 Å². The number of amidine groups is 1. The molecule has 0 fully saturated rings. The van der Waals surface area contributed by atoms with Crippen LogP contribution in [0.25, 0.3) is 0 Å². The maximum Gasteiger partial charge on any atom is 0.369 e. The summed E-state index contributed by atoms with van der Waals surface area (Å²) in [6.07, 6.45) is 3.21. The average molecular weight is 436 g/mol. The maximum absolute atomic E-state index is 9.90. The zero-order valence-electron chi connectivity index (χ0n) is 16.4. The second-order valence-corrected chi connectivity index (χ2v) is 8.83. The van der Waals surface area contributed by atoms with Crippen LogP contribution in [-0.4, -0.2) is 37.3 Å². The van der Waals surface area contributed by atoms with Gasteiger partial charge in [0, 0.05) is 10.7 Å². The van der Waals surface area contributed by atoms with Crippen LogP contribution in [0.1, 0.15) is 45.7 Å². The topological polar surface area (TPSA) is 97.2 Å². The van der Waals surface area contributed by atoms with E-state index >= 15 is 0 Å². The molecule has 6 nitrogen and oxygen atoms in total. The van der Waals surface area contributed by atoms with E-state index in [0.29, 0.717) is 12.1 Å². The molecule has 0 saturated carbocycles. The first-order valence-corrected chi connectivity index (χ1v) is 9.63. The number of hydrogen-bond donors (Lipinski definition) is 2. The first-order valence-electron chi connectivity index (χ1n) is 8.84. The quantitative estimate of drug-likeness (QED) is 0.412. The lowest BCUT2D eigenvalue weighted by molar-refractivity contribution is 0.0577. The van der Waals surface area contributed by atoms with Crippen LogP contribution in [0.15, 0.2) is 46.1 Å². The Hall–Kier alpha value is -1.99. The Morgan fingerprint density at radius 2 is 1.89 bits per heavy atom. The van der Waals surface area contributed by atoms with Gasteiger partial charge in [-0.25, -0.2) is 0 Å². The predicted octanol–water partition coefficient (Wildman–Crippen LogP) is 3.48. The number of halogens is 1. The van der Waals surface area contributed by atoms with Crippen LogP contribution in [0.3, 0.4) is 0 Å². The minimum atomic E-state index is -0.896. The molecule has 27 heavy (non-hydrogen) atoms. The minimum Gasteiger partial charge on any atom is -0.578 e. The van der Waals surface area contributed by atoms with E-state index in [1.165, 1.54) is 6.20 Å². The van der Waals surface area contributed by atoms with Crippen molar-refractivity contribution in [2.45, 2.75) is 52.2 Å². The molecular weight excluding hydrogens is 408 g/mol.